The largest absolute Gasteiger partial charge is 0.360 e. The number of hydrogen-bond donors (Lipinski definition) is 1. The minimum Gasteiger partial charge on any atom is -0.360 e. The Labute approximate surface area is 107 Å². The van der Waals surface area contributed by atoms with E-state index < -0.39 is 0 Å². The molecule has 17 heavy (non-hydrogen) atoms. The third-order valence-electron chi connectivity index (χ3n) is 3.25. The first kappa shape index (κ1) is 12.5. The van der Waals surface area contributed by atoms with Crippen molar-refractivity contribution in [3.05, 3.63) is 18.0 Å². The fourth-order valence-electron chi connectivity index (χ4n) is 1.80. The molecule has 0 aromatic carbocycles. The molecule has 0 radical (unpaired) electrons. The molecule has 1 saturated heterocycles. The van der Waals surface area contributed by atoms with Gasteiger partial charge >= 0.3 is 0 Å². The van der Waals surface area contributed by atoms with Crippen LogP contribution in [0.4, 0.5) is 0 Å². The van der Waals surface area contributed by atoms with Crippen LogP contribution in [0, 0.1) is 0 Å². The van der Waals surface area contributed by atoms with Crippen LogP contribution in [0.3, 0.4) is 0 Å². The second-order valence-corrected chi connectivity index (χ2v) is 5.86. The highest BCUT2D eigenvalue weighted by atomic mass is 32.2. The average molecular weight is 252 g/mol. The van der Waals surface area contributed by atoms with Crippen molar-refractivity contribution < 1.29 is 0 Å². The van der Waals surface area contributed by atoms with Crippen molar-refractivity contribution in [1.82, 2.24) is 15.1 Å². The van der Waals surface area contributed by atoms with Crippen molar-refractivity contribution in [2.24, 2.45) is 12.0 Å². The molecule has 1 N–H and O–H groups in total. The average Bonchev–Trinajstić information content (AvgIpc) is 2.73. The highest BCUT2D eigenvalue weighted by molar-refractivity contribution is 8.13. The number of nitrogens with one attached hydrogen (secondary N) is 1. The Bertz CT molecular complexity index is 412. The van der Waals surface area contributed by atoms with E-state index >= 15 is 0 Å². The second kappa shape index (κ2) is 5.12. The predicted molar refractivity (Wildman–Crippen MR) is 73.3 cm³/mol. The maximum atomic E-state index is 4.63. The molecule has 0 bridgehead atoms. The van der Waals surface area contributed by atoms with E-state index in [2.05, 4.69) is 29.3 Å². The van der Waals surface area contributed by atoms with Crippen LogP contribution in [0.25, 0.3) is 0 Å². The Balaban J connectivity index is 1.97. The summed E-state index contributed by atoms with van der Waals surface area (Å²) in [5.41, 5.74) is 1.38. The minimum absolute atomic E-state index is 0.221. The van der Waals surface area contributed by atoms with Crippen LogP contribution in [0.1, 0.15) is 32.3 Å². The summed E-state index contributed by atoms with van der Waals surface area (Å²) < 4.78 is 1.81. The second-order valence-electron chi connectivity index (χ2n) is 4.78. The van der Waals surface area contributed by atoms with Crippen LogP contribution < -0.4 is 5.32 Å². The predicted octanol–water partition coefficient (Wildman–Crippen LogP) is 2.17. The Morgan fingerprint density at radius 3 is 3.12 bits per heavy atom. The zero-order chi connectivity index (χ0) is 12.3. The lowest BCUT2D eigenvalue weighted by Gasteiger charge is -2.35. The Morgan fingerprint density at radius 1 is 1.65 bits per heavy atom. The van der Waals surface area contributed by atoms with Crippen molar-refractivity contribution >= 4 is 16.9 Å². The minimum atomic E-state index is 0.221. The first-order valence-electron chi connectivity index (χ1n) is 6.04. The van der Waals surface area contributed by atoms with Gasteiger partial charge in [-0.3, -0.25) is 9.67 Å². The van der Waals surface area contributed by atoms with Gasteiger partial charge in [0.25, 0.3) is 0 Å². The Morgan fingerprint density at radius 2 is 2.47 bits per heavy atom. The summed E-state index contributed by atoms with van der Waals surface area (Å²) in [4.78, 5) is 4.63. The van der Waals surface area contributed by atoms with Gasteiger partial charge in [0.15, 0.2) is 5.17 Å². The third kappa shape index (κ3) is 3.25. The molecule has 1 atom stereocenters. The lowest BCUT2D eigenvalue weighted by Crippen LogP contribution is -2.48. The molecule has 1 aromatic heterocycles. The van der Waals surface area contributed by atoms with Gasteiger partial charge in [-0.1, -0.05) is 18.7 Å². The number of rotatable bonds is 3. The summed E-state index contributed by atoms with van der Waals surface area (Å²) in [6.07, 6.45) is 6.23. The summed E-state index contributed by atoms with van der Waals surface area (Å²) in [6.45, 7) is 5.21. The van der Waals surface area contributed by atoms with E-state index in [4.69, 9.17) is 0 Å². The number of amidine groups is 1. The molecular formula is C12H20N4S. The molecule has 4 nitrogen and oxygen atoms in total. The van der Waals surface area contributed by atoms with E-state index in [9.17, 15) is 0 Å². The van der Waals surface area contributed by atoms with E-state index in [0.717, 1.165) is 22.9 Å². The van der Waals surface area contributed by atoms with Gasteiger partial charge in [0.2, 0.25) is 0 Å². The number of thioether (sulfide) groups is 1. The molecule has 2 rings (SSSR count). The molecule has 1 fully saturated rings. The molecule has 0 saturated carbocycles. The van der Waals surface area contributed by atoms with E-state index in [1.165, 1.54) is 6.42 Å². The maximum absolute atomic E-state index is 4.63. The van der Waals surface area contributed by atoms with E-state index in [-0.39, 0.29) is 5.54 Å². The number of hydrogen-bond acceptors (Lipinski definition) is 3. The van der Waals surface area contributed by atoms with Crippen LogP contribution in [-0.4, -0.2) is 26.2 Å². The first-order chi connectivity index (χ1) is 8.11. The number of aliphatic imine (C=N–C) groups is 1. The van der Waals surface area contributed by atoms with Crippen molar-refractivity contribution in [1.29, 1.82) is 0 Å². The van der Waals surface area contributed by atoms with Gasteiger partial charge in [-0.2, -0.15) is 5.10 Å². The van der Waals surface area contributed by atoms with Crippen LogP contribution in [0.5, 0.6) is 0 Å². The summed E-state index contributed by atoms with van der Waals surface area (Å²) in [6, 6.07) is 0. The molecule has 0 spiro atoms. The van der Waals surface area contributed by atoms with Crippen molar-refractivity contribution in [2.75, 3.05) is 5.75 Å². The zero-order valence-electron chi connectivity index (χ0n) is 10.7. The highest BCUT2D eigenvalue weighted by Crippen LogP contribution is 2.25. The van der Waals surface area contributed by atoms with Gasteiger partial charge in [0.1, 0.15) is 0 Å². The van der Waals surface area contributed by atoms with Crippen LogP contribution in [-0.2, 0) is 13.6 Å². The quantitative estimate of drug-likeness (QED) is 0.896. The molecule has 1 aliphatic heterocycles. The van der Waals surface area contributed by atoms with E-state index in [1.807, 2.05) is 35.9 Å². The standard InChI is InChI=1S/C12H20N4S/c1-4-12(2)5-6-17-11(15-12)13-7-10-8-14-16(3)9-10/h8-9H,4-7H2,1-3H3,(H,13,15). The fourth-order valence-corrected chi connectivity index (χ4v) is 3.02. The Hall–Kier alpha value is -0.970. The van der Waals surface area contributed by atoms with Crippen molar-refractivity contribution in [2.45, 2.75) is 38.8 Å². The summed E-state index contributed by atoms with van der Waals surface area (Å²) in [5, 5.41) is 8.76. The van der Waals surface area contributed by atoms with Gasteiger partial charge in [-0.05, 0) is 19.8 Å². The fraction of sp³-hybridized carbons (Fsp3) is 0.667. The number of aryl methyl sites for hydroxylation is 1. The number of nitrogens with zero attached hydrogens (tertiary/aromatic N) is 3. The van der Waals surface area contributed by atoms with E-state index in [0.29, 0.717) is 6.54 Å². The smallest absolute Gasteiger partial charge is 0.157 e. The first-order valence-corrected chi connectivity index (χ1v) is 7.03. The van der Waals surface area contributed by atoms with Gasteiger partial charge < -0.3 is 5.32 Å². The van der Waals surface area contributed by atoms with Gasteiger partial charge in [-0.15, -0.1) is 0 Å². The van der Waals surface area contributed by atoms with Gasteiger partial charge in [0.05, 0.1) is 12.7 Å². The summed E-state index contributed by atoms with van der Waals surface area (Å²) in [5.74, 6) is 1.16. The van der Waals surface area contributed by atoms with Gasteiger partial charge in [0, 0.05) is 30.1 Å². The molecule has 0 amide bonds. The molecule has 5 heteroatoms. The maximum Gasteiger partial charge on any atom is 0.157 e. The number of aromatic nitrogens is 2. The lowest BCUT2D eigenvalue weighted by molar-refractivity contribution is 0.390. The molecular weight excluding hydrogens is 232 g/mol. The summed E-state index contributed by atoms with van der Waals surface area (Å²) >= 11 is 1.82. The zero-order valence-corrected chi connectivity index (χ0v) is 11.5. The molecule has 1 unspecified atom stereocenters. The monoisotopic (exact) mass is 252 g/mol. The summed E-state index contributed by atoms with van der Waals surface area (Å²) in [7, 11) is 1.93. The molecule has 1 aliphatic rings. The Kier molecular flexibility index (Phi) is 3.76. The molecule has 94 valence electrons. The van der Waals surface area contributed by atoms with Crippen LogP contribution in [0.2, 0.25) is 0 Å². The lowest BCUT2D eigenvalue weighted by atomic mass is 9.96. The molecule has 2 heterocycles. The van der Waals surface area contributed by atoms with Crippen molar-refractivity contribution in [3.8, 4) is 0 Å². The van der Waals surface area contributed by atoms with Gasteiger partial charge in [-0.25, -0.2) is 0 Å². The SMILES string of the molecule is CCC1(C)CCSC(=NCc2cnn(C)c2)N1. The van der Waals surface area contributed by atoms with Crippen LogP contribution in [0.15, 0.2) is 17.4 Å². The highest BCUT2D eigenvalue weighted by Gasteiger charge is 2.27. The third-order valence-corrected chi connectivity index (χ3v) is 4.16. The topological polar surface area (TPSA) is 42.2 Å². The molecule has 0 aliphatic carbocycles. The normalized spacial score (nSPS) is 27.1. The molecule has 1 aromatic rings. The van der Waals surface area contributed by atoms with Crippen molar-refractivity contribution in [3.63, 3.8) is 0 Å². The van der Waals surface area contributed by atoms with E-state index in [1.54, 1.807) is 0 Å². The van der Waals surface area contributed by atoms with Crippen LogP contribution >= 0.6 is 11.8 Å².